The Hall–Kier alpha value is -0.650. The standard InChI is InChI=1S/C37H74O5/c1-4-7-10-12-14-16-18-19-21-23-25-28-30-33(29-27-24-22-20-17-15-13-11-8-5-2)37(41)42-36(35(40)32-38)34(39)31-26-9-6-3/h33-36,38-40H,4-32H2,1-3H3/t33?,34?,35-,36+/m1/s1. The van der Waals surface area contributed by atoms with E-state index in [4.69, 9.17) is 4.74 Å². The highest BCUT2D eigenvalue weighted by Gasteiger charge is 2.32. The Balaban J connectivity index is 4.61. The van der Waals surface area contributed by atoms with Gasteiger partial charge in [0.25, 0.3) is 0 Å². The second kappa shape index (κ2) is 31.8. The highest BCUT2D eigenvalue weighted by atomic mass is 16.6. The van der Waals surface area contributed by atoms with Gasteiger partial charge in [-0.25, -0.2) is 0 Å². The van der Waals surface area contributed by atoms with E-state index in [9.17, 15) is 20.1 Å². The first-order valence-corrected chi connectivity index (χ1v) is 18.7. The smallest absolute Gasteiger partial charge is 0.309 e. The van der Waals surface area contributed by atoms with Gasteiger partial charge in [-0.05, 0) is 19.3 Å². The van der Waals surface area contributed by atoms with Gasteiger partial charge in [0.1, 0.15) is 6.10 Å². The van der Waals surface area contributed by atoms with Crippen molar-refractivity contribution in [2.75, 3.05) is 6.61 Å². The van der Waals surface area contributed by atoms with Crippen molar-refractivity contribution < 1.29 is 24.9 Å². The average Bonchev–Trinajstić information content (AvgIpc) is 2.99. The summed E-state index contributed by atoms with van der Waals surface area (Å²) in [5.74, 6) is -0.501. The molecule has 0 aromatic rings. The molecule has 5 nitrogen and oxygen atoms in total. The van der Waals surface area contributed by atoms with E-state index in [0.717, 1.165) is 57.8 Å². The summed E-state index contributed by atoms with van der Waals surface area (Å²) in [5, 5.41) is 30.6. The molecule has 0 aromatic heterocycles. The molecule has 0 radical (unpaired) electrons. The fourth-order valence-corrected chi connectivity index (χ4v) is 6.01. The zero-order chi connectivity index (χ0) is 31.1. The number of carbonyl (C=O) groups excluding carboxylic acids is 1. The van der Waals surface area contributed by atoms with Gasteiger partial charge >= 0.3 is 5.97 Å². The number of unbranched alkanes of at least 4 members (excludes halogenated alkanes) is 22. The lowest BCUT2D eigenvalue weighted by Gasteiger charge is -2.28. The van der Waals surface area contributed by atoms with Gasteiger partial charge in [0.05, 0.1) is 18.6 Å². The van der Waals surface area contributed by atoms with Crippen LogP contribution in [0.15, 0.2) is 0 Å². The van der Waals surface area contributed by atoms with Gasteiger partial charge in [0.2, 0.25) is 0 Å². The summed E-state index contributed by atoms with van der Waals surface area (Å²) in [5.41, 5.74) is 0. The zero-order valence-corrected chi connectivity index (χ0v) is 28.5. The molecule has 0 rings (SSSR count). The molecule has 0 spiro atoms. The van der Waals surface area contributed by atoms with Crippen LogP contribution in [-0.4, -0.2) is 46.2 Å². The lowest BCUT2D eigenvalue weighted by atomic mass is 9.93. The molecule has 2 unspecified atom stereocenters. The van der Waals surface area contributed by atoms with Crippen LogP contribution in [0.2, 0.25) is 0 Å². The minimum absolute atomic E-state index is 0.196. The first kappa shape index (κ1) is 41.4. The lowest BCUT2D eigenvalue weighted by molar-refractivity contribution is -0.172. The minimum atomic E-state index is -1.25. The lowest BCUT2D eigenvalue weighted by Crippen LogP contribution is -2.44. The van der Waals surface area contributed by atoms with Crippen LogP contribution in [0.1, 0.15) is 201 Å². The van der Waals surface area contributed by atoms with E-state index in [0.29, 0.717) is 6.42 Å². The normalized spacial score (nSPS) is 14.5. The van der Waals surface area contributed by atoms with E-state index in [1.165, 1.54) is 116 Å². The molecular weight excluding hydrogens is 524 g/mol. The van der Waals surface area contributed by atoms with Gasteiger partial charge < -0.3 is 20.1 Å². The summed E-state index contributed by atoms with van der Waals surface area (Å²) < 4.78 is 5.76. The number of ether oxygens (including phenoxy) is 1. The van der Waals surface area contributed by atoms with E-state index in [-0.39, 0.29) is 11.9 Å². The Kier molecular flexibility index (Phi) is 31.3. The molecule has 0 amide bonds. The van der Waals surface area contributed by atoms with Gasteiger partial charge in [-0.2, -0.15) is 0 Å². The monoisotopic (exact) mass is 599 g/mol. The van der Waals surface area contributed by atoms with Crippen LogP contribution in [0.3, 0.4) is 0 Å². The van der Waals surface area contributed by atoms with E-state index in [1.54, 1.807) is 0 Å². The highest BCUT2D eigenvalue weighted by molar-refractivity contribution is 5.72. The maximum absolute atomic E-state index is 13.3. The van der Waals surface area contributed by atoms with Crippen molar-refractivity contribution >= 4 is 5.97 Å². The summed E-state index contributed by atoms with van der Waals surface area (Å²) in [7, 11) is 0. The summed E-state index contributed by atoms with van der Waals surface area (Å²) in [6.45, 7) is 6.10. The third kappa shape index (κ3) is 24.8. The minimum Gasteiger partial charge on any atom is -0.457 e. The second-order valence-electron chi connectivity index (χ2n) is 13.1. The maximum atomic E-state index is 13.3. The van der Waals surface area contributed by atoms with Crippen LogP contribution in [0, 0.1) is 5.92 Å². The second-order valence-corrected chi connectivity index (χ2v) is 13.1. The third-order valence-corrected chi connectivity index (χ3v) is 8.95. The van der Waals surface area contributed by atoms with Crippen molar-refractivity contribution in [1.82, 2.24) is 0 Å². The predicted molar refractivity (Wildman–Crippen MR) is 179 cm³/mol. The van der Waals surface area contributed by atoms with Crippen molar-refractivity contribution in [3.05, 3.63) is 0 Å². The molecule has 0 bridgehead atoms. The average molecular weight is 599 g/mol. The first-order valence-electron chi connectivity index (χ1n) is 18.7. The highest BCUT2D eigenvalue weighted by Crippen LogP contribution is 2.24. The van der Waals surface area contributed by atoms with Crippen molar-refractivity contribution in [3.8, 4) is 0 Å². The number of aliphatic hydroxyl groups excluding tert-OH is 3. The van der Waals surface area contributed by atoms with Crippen LogP contribution in [0.4, 0.5) is 0 Å². The van der Waals surface area contributed by atoms with Crippen molar-refractivity contribution in [1.29, 1.82) is 0 Å². The molecule has 4 atom stereocenters. The molecule has 0 fully saturated rings. The van der Waals surface area contributed by atoms with E-state index in [2.05, 4.69) is 20.8 Å². The van der Waals surface area contributed by atoms with Crippen molar-refractivity contribution in [2.24, 2.45) is 5.92 Å². The van der Waals surface area contributed by atoms with Gasteiger partial charge in [-0.1, -0.05) is 181 Å². The van der Waals surface area contributed by atoms with Gasteiger partial charge in [0, 0.05) is 0 Å². The number of esters is 1. The fraction of sp³-hybridized carbons (Fsp3) is 0.973. The van der Waals surface area contributed by atoms with Gasteiger partial charge in [-0.15, -0.1) is 0 Å². The molecule has 42 heavy (non-hydrogen) atoms. The largest absolute Gasteiger partial charge is 0.457 e. The van der Waals surface area contributed by atoms with Crippen LogP contribution in [0.25, 0.3) is 0 Å². The number of hydrogen-bond donors (Lipinski definition) is 3. The van der Waals surface area contributed by atoms with Crippen LogP contribution < -0.4 is 0 Å². The third-order valence-electron chi connectivity index (χ3n) is 8.95. The molecule has 0 saturated heterocycles. The van der Waals surface area contributed by atoms with E-state index < -0.39 is 24.9 Å². The Bertz CT molecular complexity index is 554. The maximum Gasteiger partial charge on any atom is 0.309 e. The molecule has 0 aliphatic heterocycles. The number of aliphatic hydroxyl groups is 3. The first-order chi connectivity index (χ1) is 20.5. The topological polar surface area (TPSA) is 87.0 Å². The molecule has 0 aliphatic rings. The number of carbonyl (C=O) groups is 1. The van der Waals surface area contributed by atoms with Gasteiger partial charge in [-0.3, -0.25) is 4.79 Å². The van der Waals surface area contributed by atoms with Crippen LogP contribution in [0.5, 0.6) is 0 Å². The molecule has 5 heteroatoms. The molecule has 3 N–H and O–H groups in total. The SMILES string of the molecule is CCCCCCCCCCCCCCC(CCCCCCCCCCCC)C(=O)O[C@@H](C(O)CCCCC)[C@H](O)CO. The zero-order valence-electron chi connectivity index (χ0n) is 28.5. The van der Waals surface area contributed by atoms with E-state index in [1.807, 2.05) is 0 Å². The summed E-state index contributed by atoms with van der Waals surface area (Å²) >= 11 is 0. The van der Waals surface area contributed by atoms with Crippen LogP contribution in [-0.2, 0) is 9.53 Å². The molecule has 0 aliphatic carbocycles. The molecule has 0 aromatic carbocycles. The molecule has 0 heterocycles. The molecule has 252 valence electrons. The number of rotatable bonds is 33. The summed E-state index contributed by atoms with van der Waals surface area (Å²) in [6.07, 6.45) is 29.8. The Labute approximate surface area is 262 Å². The Morgan fingerprint density at radius 2 is 0.786 bits per heavy atom. The van der Waals surface area contributed by atoms with Gasteiger partial charge in [0.15, 0.2) is 6.10 Å². The van der Waals surface area contributed by atoms with E-state index >= 15 is 0 Å². The Morgan fingerprint density at radius 1 is 0.476 bits per heavy atom. The van der Waals surface area contributed by atoms with Crippen molar-refractivity contribution in [3.63, 3.8) is 0 Å². The molecule has 0 saturated carbocycles. The fourth-order valence-electron chi connectivity index (χ4n) is 6.01. The molecular formula is C37H74O5. The summed E-state index contributed by atoms with van der Waals surface area (Å²) in [4.78, 5) is 13.3. The summed E-state index contributed by atoms with van der Waals surface area (Å²) in [6, 6.07) is 0. The Morgan fingerprint density at radius 3 is 1.14 bits per heavy atom. The number of hydrogen-bond acceptors (Lipinski definition) is 5. The quantitative estimate of drug-likeness (QED) is 0.0517. The van der Waals surface area contributed by atoms with Crippen LogP contribution >= 0.6 is 0 Å². The predicted octanol–water partition coefficient (Wildman–Crippen LogP) is 10.2. The van der Waals surface area contributed by atoms with Crippen molar-refractivity contribution in [2.45, 2.75) is 219 Å².